The number of benzene rings is 1. The number of aryl methyl sites for hydroxylation is 1. The minimum Gasteiger partial charge on any atom is -0.359 e. The molecule has 0 atom stereocenters. The Morgan fingerprint density at radius 1 is 1.24 bits per heavy atom. The summed E-state index contributed by atoms with van der Waals surface area (Å²) in [5.41, 5.74) is 1.44. The van der Waals surface area contributed by atoms with Crippen molar-refractivity contribution in [3.63, 3.8) is 0 Å². The second-order valence-electron chi connectivity index (χ2n) is 4.62. The van der Waals surface area contributed by atoms with Crippen molar-refractivity contribution in [2.45, 2.75) is 16.7 Å². The Kier molecular flexibility index (Phi) is 3.55. The third kappa shape index (κ3) is 2.37. The number of aromatic amines is 1. The van der Waals surface area contributed by atoms with E-state index in [1.54, 1.807) is 30.5 Å². The summed E-state index contributed by atoms with van der Waals surface area (Å²) >= 11 is 9.37. The molecule has 0 fully saturated rings. The first-order chi connectivity index (χ1) is 9.91. The van der Waals surface area contributed by atoms with E-state index in [9.17, 15) is 8.42 Å². The van der Waals surface area contributed by atoms with Crippen molar-refractivity contribution in [1.82, 2.24) is 9.97 Å². The SMILES string of the molecule is Cc1ccc(S(=O)(=O)c2cnc(Cl)c3c(Br)c[nH]c23)cc1. The van der Waals surface area contributed by atoms with Crippen LogP contribution in [-0.2, 0) is 9.84 Å². The lowest BCUT2D eigenvalue weighted by Gasteiger charge is -2.07. The Morgan fingerprint density at radius 3 is 2.57 bits per heavy atom. The van der Waals surface area contributed by atoms with Crippen LogP contribution in [0.1, 0.15) is 5.56 Å². The summed E-state index contributed by atoms with van der Waals surface area (Å²) in [6, 6.07) is 6.70. The van der Waals surface area contributed by atoms with Gasteiger partial charge in [-0.3, -0.25) is 0 Å². The topological polar surface area (TPSA) is 62.8 Å². The average Bonchev–Trinajstić information content (AvgIpc) is 2.82. The van der Waals surface area contributed by atoms with Crippen molar-refractivity contribution >= 4 is 48.3 Å². The normalized spacial score (nSPS) is 12.0. The maximum atomic E-state index is 12.8. The van der Waals surface area contributed by atoms with E-state index in [1.165, 1.54) is 6.20 Å². The van der Waals surface area contributed by atoms with Crippen LogP contribution < -0.4 is 0 Å². The fraction of sp³-hybridized carbons (Fsp3) is 0.0714. The number of hydrogen-bond acceptors (Lipinski definition) is 3. The first kappa shape index (κ1) is 14.6. The molecule has 1 N–H and O–H groups in total. The van der Waals surface area contributed by atoms with Crippen LogP contribution >= 0.6 is 27.5 Å². The molecule has 2 heterocycles. The molecule has 0 saturated heterocycles. The van der Waals surface area contributed by atoms with Crippen LogP contribution in [0.5, 0.6) is 0 Å². The number of pyridine rings is 1. The standard InChI is InChI=1S/C14H10BrClN2O2S/c1-8-2-4-9(5-3-8)21(19,20)11-7-18-14(16)12-10(15)6-17-13(11)12/h2-7,17H,1H3. The fourth-order valence-corrected chi connectivity index (χ4v) is 4.32. The van der Waals surface area contributed by atoms with Gasteiger partial charge in [-0.1, -0.05) is 29.3 Å². The molecule has 2 aromatic heterocycles. The zero-order valence-electron chi connectivity index (χ0n) is 10.9. The molecule has 4 nitrogen and oxygen atoms in total. The first-order valence-electron chi connectivity index (χ1n) is 6.04. The molecule has 0 aliphatic heterocycles. The minimum atomic E-state index is -3.66. The maximum absolute atomic E-state index is 12.8. The van der Waals surface area contributed by atoms with Crippen LogP contribution in [0.2, 0.25) is 5.15 Å². The number of rotatable bonds is 2. The Labute approximate surface area is 135 Å². The van der Waals surface area contributed by atoms with Crippen LogP contribution in [0, 0.1) is 6.92 Å². The Morgan fingerprint density at radius 2 is 1.90 bits per heavy atom. The highest BCUT2D eigenvalue weighted by molar-refractivity contribution is 9.10. The number of hydrogen-bond donors (Lipinski definition) is 1. The molecule has 0 saturated carbocycles. The summed E-state index contributed by atoms with van der Waals surface area (Å²) in [6.45, 7) is 1.90. The molecule has 3 rings (SSSR count). The second kappa shape index (κ2) is 5.12. The Balaban J connectivity index is 2.29. The molecule has 1 aromatic carbocycles. The summed E-state index contributed by atoms with van der Waals surface area (Å²) in [5, 5.41) is 0.811. The van der Waals surface area contributed by atoms with Gasteiger partial charge in [0.15, 0.2) is 0 Å². The van der Waals surface area contributed by atoms with Crippen molar-refractivity contribution in [2.24, 2.45) is 0 Å². The molecular formula is C14H10BrClN2O2S. The lowest BCUT2D eigenvalue weighted by atomic mass is 10.2. The van der Waals surface area contributed by atoms with Crippen LogP contribution in [0.3, 0.4) is 0 Å². The number of H-pyrrole nitrogens is 1. The van der Waals surface area contributed by atoms with Gasteiger partial charge < -0.3 is 4.98 Å². The molecule has 0 bridgehead atoms. The van der Waals surface area contributed by atoms with Crippen molar-refractivity contribution in [3.8, 4) is 0 Å². The van der Waals surface area contributed by atoms with Gasteiger partial charge in [-0.25, -0.2) is 13.4 Å². The number of halogens is 2. The van der Waals surface area contributed by atoms with E-state index in [1.807, 2.05) is 6.92 Å². The summed E-state index contributed by atoms with van der Waals surface area (Å²) < 4.78 is 26.2. The molecule has 108 valence electrons. The third-order valence-corrected chi connectivity index (χ3v) is 5.89. The van der Waals surface area contributed by atoms with Gasteiger partial charge in [0.25, 0.3) is 0 Å². The second-order valence-corrected chi connectivity index (χ2v) is 7.75. The molecule has 3 aromatic rings. The first-order valence-corrected chi connectivity index (χ1v) is 8.69. The highest BCUT2D eigenvalue weighted by atomic mass is 79.9. The number of nitrogens with zero attached hydrogens (tertiary/aromatic N) is 1. The largest absolute Gasteiger partial charge is 0.359 e. The molecule has 0 aliphatic carbocycles. The van der Waals surface area contributed by atoms with E-state index >= 15 is 0 Å². The zero-order chi connectivity index (χ0) is 15.2. The Bertz CT molecular complexity index is 934. The van der Waals surface area contributed by atoms with Crippen molar-refractivity contribution in [2.75, 3.05) is 0 Å². The Hall–Kier alpha value is -1.37. The molecule has 7 heteroatoms. The van der Waals surface area contributed by atoms with Crippen LogP contribution in [-0.4, -0.2) is 18.4 Å². The maximum Gasteiger partial charge on any atom is 0.210 e. The van der Waals surface area contributed by atoms with E-state index in [-0.39, 0.29) is 14.9 Å². The van der Waals surface area contributed by atoms with E-state index in [0.717, 1.165) is 5.56 Å². The number of nitrogens with one attached hydrogen (secondary N) is 1. The van der Waals surface area contributed by atoms with E-state index in [4.69, 9.17) is 11.6 Å². The van der Waals surface area contributed by atoms with Gasteiger partial charge in [-0.15, -0.1) is 0 Å². The summed E-state index contributed by atoms with van der Waals surface area (Å²) in [5.74, 6) is 0. The molecule has 0 radical (unpaired) electrons. The predicted octanol–water partition coefficient (Wildman–Crippen LogP) is 4.12. The number of fused-ring (bicyclic) bond motifs is 1. The fourth-order valence-electron chi connectivity index (χ4n) is 2.09. The summed E-state index contributed by atoms with van der Waals surface area (Å²) in [6.07, 6.45) is 2.93. The summed E-state index contributed by atoms with van der Waals surface area (Å²) in [7, 11) is -3.66. The molecule has 0 unspecified atom stereocenters. The van der Waals surface area contributed by atoms with Gasteiger partial charge in [0, 0.05) is 16.9 Å². The summed E-state index contributed by atoms with van der Waals surface area (Å²) in [4.78, 5) is 7.25. The lowest BCUT2D eigenvalue weighted by molar-refractivity contribution is 0.596. The molecule has 21 heavy (non-hydrogen) atoms. The number of sulfone groups is 1. The molecule has 0 amide bonds. The van der Waals surface area contributed by atoms with Gasteiger partial charge in [0.1, 0.15) is 10.0 Å². The molecule has 0 spiro atoms. The smallest absolute Gasteiger partial charge is 0.210 e. The average molecular weight is 386 g/mol. The zero-order valence-corrected chi connectivity index (χ0v) is 14.1. The van der Waals surface area contributed by atoms with E-state index in [0.29, 0.717) is 15.4 Å². The quantitative estimate of drug-likeness (QED) is 0.675. The van der Waals surface area contributed by atoms with Crippen LogP contribution in [0.25, 0.3) is 10.9 Å². The van der Waals surface area contributed by atoms with Gasteiger partial charge in [0.05, 0.1) is 15.8 Å². The van der Waals surface area contributed by atoms with Crippen molar-refractivity contribution in [1.29, 1.82) is 0 Å². The van der Waals surface area contributed by atoms with Gasteiger partial charge >= 0.3 is 0 Å². The van der Waals surface area contributed by atoms with Gasteiger partial charge in [-0.05, 0) is 35.0 Å². The van der Waals surface area contributed by atoms with Crippen molar-refractivity contribution in [3.05, 3.63) is 51.8 Å². The highest BCUT2D eigenvalue weighted by Crippen LogP contribution is 2.34. The van der Waals surface area contributed by atoms with Crippen molar-refractivity contribution < 1.29 is 8.42 Å². The lowest BCUT2D eigenvalue weighted by Crippen LogP contribution is -2.04. The molecule has 0 aliphatic rings. The third-order valence-electron chi connectivity index (χ3n) is 3.20. The monoisotopic (exact) mass is 384 g/mol. The van der Waals surface area contributed by atoms with Gasteiger partial charge in [-0.2, -0.15) is 0 Å². The predicted molar refractivity (Wildman–Crippen MR) is 85.4 cm³/mol. The van der Waals surface area contributed by atoms with Crippen LogP contribution in [0.4, 0.5) is 0 Å². The van der Waals surface area contributed by atoms with E-state index in [2.05, 4.69) is 25.9 Å². The van der Waals surface area contributed by atoms with Gasteiger partial charge in [0.2, 0.25) is 9.84 Å². The minimum absolute atomic E-state index is 0.108. The number of aromatic nitrogens is 2. The van der Waals surface area contributed by atoms with Crippen LogP contribution in [0.15, 0.2) is 50.9 Å². The molecular weight excluding hydrogens is 376 g/mol. The van der Waals surface area contributed by atoms with E-state index < -0.39 is 9.84 Å². The highest BCUT2D eigenvalue weighted by Gasteiger charge is 2.23.